The average Bonchev–Trinajstić information content (AvgIpc) is 2.71. The van der Waals surface area contributed by atoms with Gasteiger partial charge < -0.3 is 4.74 Å². The van der Waals surface area contributed by atoms with Gasteiger partial charge in [-0.2, -0.15) is 5.10 Å². The average molecular weight is 227 g/mol. The molecule has 84 valence electrons. The molecule has 1 aromatic carbocycles. The van der Waals surface area contributed by atoms with Gasteiger partial charge in [0.2, 0.25) is 0 Å². The smallest absolute Gasteiger partial charge is 0.327 e. The number of hydrogen-bond acceptors (Lipinski definition) is 4. The van der Waals surface area contributed by atoms with Crippen LogP contribution in [-0.4, -0.2) is 35.7 Å². The third-order valence-corrected chi connectivity index (χ3v) is 2.23. The molecule has 0 fully saturated rings. The van der Waals surface area contributed by atoms with Gasteiger partial charge in [0, 0.05) is 5.56 Å². The third kappa shape index (κ3) is 2.53. The van der Waals surface area contributed by atoms with Crippen molar-refractivity contribution < 1.29 is 9.53 Å². The standard InChI is InChI=1S/C11H10BN3O2/c1-17-9(16)7-15-10(13-11(12)14-15)8-5-3-2-4-6-8/h2-6H,7H2,1H3. The first-order valence-electron chi connectivity index (χ1n) is 5.03. The molecule has 1 heterocycles. The Bertz CT molecular complexity index is 525. The Morgan fingerprint density at radius 1 is 1.41 bits per heavy atom. The predicted octanol–water partition coefficient (Wildman–Crippen LogP) is -0.0881. The lowest BCUT2D eigenvalue weighted by molar-refractivity contribution is -0.141. The van der Waals surface area contributed by atoms with Crippen LogP contribution in [0.15, 0.2) is 30.3 Å². The van der Waals surface area contributed by atoms with Gasteiger partial charge in [0.05, 0.1) is 12.8 Å². The molecule has 6 heteroatoms. The van der Waals surface area contributed by atoms with Crippen molar-refractivity contribution >= 4 is 19.5 Å². The summed E-state index contributed by atoms with van der Waals surface area (Å²) >= 11 is 0. The number of hydrogen-bond donors (Lipinski definition) is 0. The summed E-state index contributed by atoms with van der Waals surface area (Å²) in [6, 6.07) is 9.40. The highest BCUT2D eigenvalue weighted by Gasteiger charge is 2.12. The topological polar surface area (TPSA) is 57.0 Å². The van der Waals surface area contributed by atoms with Gasteiger partial charge in [-0.3, -0.25) is 4.79 Å². The van der Waals surface area contributed by atoms with Crippen LogP contribution in [0.5, 0.6) is 0 Å². The first kappa shape index (κ1) is 11.4. The molecule has 1 aromatic heterocycles. The molecule has 0 N–H and O–H groups in total. The maximum atomic E-state index is 11.2. The van der Waals surface area contributed by atoms with Gasteiger partial charge in [-0.1, -0.05) is 30.3 Å². The SMILES string of the molecule is [B]c1nc(-c2ccccc2)n(CC(=O)OC)n1. The molecule has 0 saturated heterocycles. The Hall–Kier alpha value is -2.11. The normalized spacial score (nSPS) is 10.2. The number of esters is 1. The van der Waals surface area contributed by atoms with Crippen molar-refractivity contribution in [3.63, 3.8) is 0 Å². The molecule has 5 nitrogen and oxygen atoms in total. The van der Waals surface area contributed by atoms with E-state index in [0.717, 1.165) is 5.56 Å². The van der Waals surface area contributed by atoms with E-state index in [0.29, 0.717) is 5.82 Å². The first-order chi connectivity index (χ1) is 8.20. The Labute approximate surface area is 99.8 Å². The monoisotopic (exact) mass is 227 g/mol. The number of rotatable bonds is 3. The van der Waals surface area contributed by atoms with E-state index in [1.54, 1.807) is 0 Å². The van der Waals surface area contributed by atoms with Gasteiger partial charge in [0.1, 0.15) is 6.54 Å². The molecular weight excluding hydrogens is 217 g/mol. The molecule has 17 heavy (non-hydrogen) atoms. The van der Waals surface area contributed by atoms with Crippen LogP contribution in [0.25, 0.3) is 11.4 Å². The molecule has 0 unspecified atom stereocenters. The Balaban J connectivity index is 2.37. The van der Waals surface area contributed by atoms with Crippen LogP contribution in [0, 0.1) is 0 Å². The number of methoxy groups -OCH3 is 1. The van der Waals surface area contributed by atoms with Gasteiger partial charge in [-0.05, 0) is 0 Å². The van der Waals surface area contributed by atoms with Crippen molar-refractivity contribution in [1.82, 2.24) is 14.8 Å². The lowest BCUT2D eigenvalue weighted by Gasteiger charge is -2.04. The summed E-state index contributed by atoms with van der Waals surface area (Å²) in [5.41, 5.74) is 0.980. The lowest BCUT2D eigenvalue weighted by atomic mass is 10.1. The Kier molecular flexibility index (Phi) is 3.23. The van der Waals surface area contributed by atoms with E-state index >= 15 is 0 Å². The minimum absolute atomic E-state index is 0.00900. The molecule has 0 aliphatic heterocycles. The fourth-order valence-electron chi connectivity index (χ4n) is 1.46. The van der Waals surface area contributed by atoms with Crippen LogP contribution < -0.4 is 5.72 Å². The van der Waals surface area contributed by atoms with Crippen molar-refractivity contribution in [2.24, 2.45) is 0 Å². The van der Waals surface area contributed by atoms with Crippen molar-refractivity contribution in [1.29, 1.82) is 0 Å². The van der Waals surface area contributed by atoms with Gasteiger partial charge >= 0.3 is 5.97 Å². The number of benzene rings is 1. The summed E-state index contributed by atoms with van der Waals surface area (Å²) in [6.07, 6.45) is 0. The highest BCUT2D eigenvalue weighted by atomic mass is 16.5. The van der Waals surface area contributed by atoms with E-state index in [-0.39, 0.29) is 12.3 Å². The number of aromatic nitrogens is 3. The fraction of sp³-hybridized carbons (Fsp3) is 0.182. The van der Waals surface area contributed by atoms with Crippen LogP contribution >= 0.6 is 0 Å². The van der Waals surface area contributed by atoms with Crippen molar-refractivity contribution in [2.75, 3.05) is 7.11 Å². The summed E-state index contributed by atoms with van der Waals surface area (Å²) in [5.74, 6) is 0.153. The molecule has 0 saturated carbocycles. The molecule has 0 bridgehead atoms. The molecule has 2 radical (unpaired) electrons. The molecule has 0 spiro atoms. The largest absolute Gasteiger partial charge is 0.468 e. The zero-order valence-electron chi connectivity index (χ0n) is 9.33. The minimum Gasteiger partial charge on any atom is -0.468 e. The minimum atomic E-state index is -0.396. The quantitative estimate of drug-likeness (QED) is 0.543. The molecule has 0 atom stereocenters. The summed E-state index contributed by atoms with van der Waals surface area (Å²) < 4.78 is 6.01. The maximum absolute atomic E-state index is 11.2. The number of ether oxygens (including phenoxy) is 1. The van der Waals surface area contributed by atoms with E-state index in [1.807, 2.05) is 30.3 Å². The van der Waals surface area contributed by atoms with Gasteiger partial charge in [-0.25, -0.2) is 9.67 Å². The molecular formula is C11H10BN3O2. The van der Waals surface area contributed by atoms with Crippen molar-refractivity contribution in [2.45, 2.75) is 6.54 Å². The van der Waals surface area contributed by atoms with Crippen LogP contribution in [0.1, 0.15) is 0 Å². The van der Waals surface area contributed by atoms with E-state index in [1.165, 1.54) is 11.8 Å². The second-order valence-electron chi connectivity index (χ2n) is 3.39. The molecule has 0 amide bonds. The predicted molar refractivity (Wildman–Crippen MR) is 62.9 cm³/mol. The number of nitrogens with zero attached hydrogens (tertiary/aromatic N) is 3. The first-order valence-corrected chi connectivity index (χ1v) is 5.03. The second kappa shape index (κ2) is 4.82. The molecule has 2 rings (SSSR count). The third-order valence-electron chi connectivity index (χ3n) is 2.23. The summed E-state index contributed by atoms with van der Waals surface area (Å²) in [6.45, 7) is -0.00900. The van der Waals surface area contributed by atoms with Crippen molar-refractivity contribution in [3.05, 3.63) is 30.3 Å². The van der Waals surface area contributed by atoms with E-state index < -0.39 is 5.97 Å². The number of carbonyl (C=O) groups excluding carboxylic acids is 1. The van der Waals surface area contributed by atoms with Crippen LogP contribution in [-0.2, 0) is 16.1 Å². The molecule has 0 aliphatic carbocycles. The fourth-order valence-corrected chi connectivity index (χ4v) is 1.46. The van der Waals surface area contributed by atoms with Crippen LogP contribution in [0.4, 0.5) is 0 Å². The van der Waals surface area contributed by atoms with E-state index in [4.69, 9.17) is 7.85 Å². The molecule has 2 aromatic rings. The van der Waals surface area contributed by atoms with Crippen molar-refractivity contribution in [3.8, 4) is 11.4 Å². The van der Waals surface area contributed by atoms with Gasteiger partial charge in [0.15, 0.2) is 13.7 Å². The molecule has 0 aliphatic rings. The zero-order valence-corrected chi connectivity index (χ0v) is 9.33. The highest BCUT2D eigenvalue weighted by Crippen LogP contribution is 2.14. The second-order valence-corrected chi connectivity index (χ2v) is 3.39. The van der Waals surface area contributed by atoms with Gasteiger partial charge in [0.25, 0.3) is 0 Å². The van der Waals surface area contributed by atoms with Crippen LogP contribution in [0.2, 0.25) is 0 Å². The summed E-state index contributed by atoms with van der Waals surface area (Å²) in [7, 11) is 6.86. The van der Waals surface area contributed by atoms with E-state index in [9.17, 15) is 4.79 Å². The van der Waals surface area contributed by atoms with Gasteiger partial charge in [-0.15, -0.1) is 0 Å². The van der Waals surface area contributed by atoms with Crippen LogP contribution in [0.3, 0.4) is 0 Å². The van der Waals surface area contributed by atoms with E-state index in [2.05, 4.69) is 14.8 Å². The zero-order chi connectivity index (χ0) is 12.3. The number of carbonyl (C=O) groups is 1. The maximum Gasteiger partial charge on any atom is 0.327 e. The summed E-state index contributed by atoms with van der Waals surface area (Å²) in [5, 5.41) is 3.96. The Morgan fingerprint density at radius 3 is 2.76 bits per heavy atom. The summed E-state index contributed by atoms with van der Waals surface area (Å²) in [4.78, 5) is 15.3. The highest BCUT2D eigenvalue weighted by molar-refractivity contribution is 6.29. The lowest BCUT2D eigenvalue weighted by Crippen LogP contribution is -2.16. The Morgan fingerprint density at radius 2 is 2.12 bits per heavy atom.